The molecule has 32 heavy (non-hydrogen) atoms. The minimum absolute atomic E-state index is 0.103. The predicted molar refractivity (Wildman–Crippen MR) is 120 cm³/mol. The number of sulfonamides is 1. The number of rotatable bonds is 9. The van der Waals surface area contributed by atoms with E-state index in [1.807, 2.05) is 13.8 Å². The summed E-state index contributed by atoms with van der Waals surface area (Å²) in [6.07, 6.45) is 4.72. The third kappa shape index (κ3) is 6.50. The van der Waals surface area contributed by atoms with Crippen molar-refractivity contribution in [3.63, 3.8) is 0 Å². The lowest BCUT2D eigenvalue weighted by atomic mass is 9.90. The molecule has 2 atom stereocenters. The second-order valence-corrected chi connectivity index (χ2v) is 11.9. The van der Waals surface area contributed by atoms with Crippen molar-refractivity contribution in [2.24, 2.45) is 0 Å². The van der Waals surface area contributed by atoms with Crippen molar-refractivity contribution >= 4 is 21.8 Å². The topological polar surface area (TPSA) is 123 Å². The van der Waals surface area contributed by atoms with Gasteiger partial charge in [-0.15, -0.1) is 0 Å². The number of nitrogens with zero attached hydrogens (tertiary/aromatic N) is 2. The van der Waals surface area contributed by atoms with Gasteiger partial charge < -0.3 is 14.0 Å². The van der Waals surface area contributed by atoms with Gasteiger partial charge in [0.25, 0.3) is 0 Å². The summed E-state index contributed by atoms with van der Waals surface area (Å²) in [4.78, 5) is 12.9. The quantitative estimate of drug-likeness (QED) is 0.558. The average molecular weight is 473 g/mol. The lowest BCUT2D eigenvalue weighted by Crippen LogP contribution is -2.54. The van der Waals surface area contributed by atoms with Gasteiger partial charge in [0, 0.05) is 37.2 Å². The fourth-order valence-corrected chi connectivity index (χ4v) is 4.75. The monoisotopic (exact) mass is 472 g/mol. The molecule has 1 amide bonds. The molecule has 0 aliphatic carbocycles. The summed E-state index contributed by atoms with van der Waals surface area (Å²) in [6.45, 7) is 9.45. The van der Waals surface area contributed by atoms with E-state index in [9.17, 15) is 13.2 Å². The second kappa shape index (κ2) is 9.76. The molecule has 2 N–H and O–H groups in total. The maximum atomic E-state index is 12.9. The number of nitrogens with one attached hydrogen (secondary N) is 2. The summed E-state index contributed by atoms with van der Waals surface area (Å²) in [6, 6.07) is 1.61. The zero-order chi connectivity index (χ0) is 23.6. The van der Waals surface area contributed by atoms with E-state index in [1.54, 1.807) is 19.9 Å². The minimum atomic E-state index is -3.23. The molecule has 0 aromatic carbocycles. The van der Waals surface area contributed by atoms with Gasteiger partial charge in [0.15, 0.2) is 6.29 Å². The van der Waals surface area contributed by atoms with Crippen LogP contribution in [0.5, 0.6) is 0 Å². The predicted octanol–water partition coefficient (Wildman–Crippen LogP) is 1.84. The minimum Gasteiger partial charge on any atom is -0.353 e. The second-order valence-electron chi connectivity index (χ2n) is 9.90. The molecule has 1 aromatic rings. The number of ether oxygens (including phenoxy) is 2. The highest BCUT2D eigenvalue weighted by molar-refractivity contribution is 7.88. The van der Waals surface area contributed by atoms with Gasteiger partial charge in [-0.1, -0.05) is 19.0 Å². The van der Waals surface area contributed by atoms with E-state index in [-0.39, 0.29) is 24.1 Å². The molecule has 0 saturated carbocycles. The van der Waals surface area contributed by atoms with Gasteiger partial charge in [0.05, 0.1) is 24.1 Å². The zero-order valence-electron chi connectivity index (χ0n) is 19.6. The zero-order valence-corrected chi connectivity index (χ0v) is 20.5. The van der Waals surface area contributed by atoms with Crippen molar-refractivity contribution in [3.05, 3.63) is 11.8 Å². The van der Waals surface area contributed by atoms with Gasteiger partial charge in [0.1, 0.15) is 0 Å². The van der Waals surface area contributed by atoms with Crippen LogP contribution in [-0.4, -0.2) is 74.2 Å². The smallest absolute Gasteiger partial charge is 0.246 e. The number of aromatic nitrogens is 1. The van der Waals surface area contributed by atoms with E-state index in [0.717, 1.165) is 25.9 Å². The van der Waals surface area contributed by atoms with Crippen LogP contribution in [-0.2, 0) is 29.7 Å². The van der Waals surface area contributed by atoms with E-state index >= 15 is 0 Å². The molecule has 1 aromatic heterocycles. The number of hydrogen-bond acceptors (Lipinski definition) is 8. The van der Waals surface area contributed by atoms with Crippen LogP contribution in [0.15, 0.2) is 10.6 Å². The molecule has 0 radical (unpaired) electrons. The molecule has 2 unspecified atom stereocenters. The van der Waals surface area contributed by atoms with Crippen molar-refractivity contribution < 1.29 is 27.2 Å². The van der Waals surface area contributed by atoms with Crippen LogP contribution >= 0.6 is 0 Å². The maximum Gasteiger partial charge on any atom is 0.246 e. The first kappa shape index (κ1) is 25.1. The van der Waals surface area contributed by atoms with Crippen LogP contribution in [0.4, 0.5) is 5.88 Å². The van der Waals surface area contributed by atoms with Gasteiger partial charge >= 0.3 is 0 Å². The van der Waals surface area contributed by atoms with Gasteiger partial charge in [-0.25, -0.2) is 12.7 Å². The summed E-state index contributed by atoms with van der Waals surface area (Å²) in [5.74, 6) is -0.0336. The molecule has 2 aliphatic rings. The van der Waals surface area contributed by atoms with E-state index in [2.05, 4.69) is 15.8 Å². The van der Waals surface area contributed by atoms with Gasteiger partial charge in [-0.2, -0.15) is 0 Å². The Labute approximate surface area is 190 Å². The van der Waals surface area contributed by atoms with Gasteiger partial charge in [0.2, 0.25) is 21.8 Å². The SMILES string of the molecule is CC(C)(NC1CCN(S(C)(=O)=O)C1)C(=O)Nc1cc(C(C)(C)COC2CCCCO2)no1. The molecule has 3 rings (SSSR count). The summed E-state index contributed by atoms with van der Waals surface area (Å²) >= 11 is 0. The fourth-order valence-electron chi connectivity index (χ4n) is 3.86. The first-order valence-corrected chi connectivity index (χ1v) is 13.0. The fraction of sp³-hybridized carbons (Fsp3) is 0.810. The molecule has 182 valence electrons. The lowest BCUT2D eigenvalue weighted by molar-refractivity contribution is -0.170. The normalized spacial score (nSPS) is 23.4. The first-order chi connectivity index (χ1) is 14.9. The highest BCUT2D eigenvalue weighted by Gasteiger charge is 2.36. The highest BCUT2D eigenvalue weighted by atomic mass is 32.2. The summed E-state index contributed by atoms with van der Waals surface area (Å²) in [5, 5.41) is 10.1. The molecule has 2 saturated heterocycles. The van der Waals surface area contributed by atoms with Crippen molar-refractivity contribution in [3.8, 4) is 0 Å². The molecule has 0 bridgehead atoms. The van der Waals surface area contributed by atoms with Crippen LogP contribution in [0.25, 0.3) is 0 Å². The molecule has 3 heterocycles. The Morgan fingerprint density at radius 1 is 1.28 bits per heavy atom. The Hall–Kier alpha value is -1.53. The molecule has 10 nitrogen and oxygen atoms in total. The molecule has 11 heteroatoms. The Balaban J connectivity index is 1.53. The molecular formula is C21H36N4O6S. The van der Waals surface area contributed by atoms with Gasteiger partial charge in [-0.3, -0.25) is 15.4 Å². The first-order valence-electron chi connectivity index (χ1n) is 11.1. The van der Waals surface area contributed by atoms with E-state index in [1.165, 1.54) is 10.6 Å². The highest BCUT2D eigenvalue weighted by Crippen LogP contribution is 2.27. The number of anilines is 1. The number of hydrogen-bond donors (Lipinski definition) is 2. The Bertz CT molecular complexity index is 892. The summed E-state index contributed by atoms with van der Waals surface area (Å²) < 4.78 is 41.7. The Morgan fingerprint density at radius 2 is 2.03 bits per heavy atom. The van der Waals surface area contributed by atoms with E-state index < -0.39 is 21.0 Å². The molecule has 0 spiro atoms. The Morgan fingerprint density at radius 3 is 2.66 bits per heavy atom. The van der Waals surface area contributed by atoms with E-state index in [4.69, 9.17) is 14.0 Å². The van der Waals surface area contributed by atoms with Crippen LogP contribution in [0.3, 0.4) is 0 Å². The van der Waals surface area contributed by atoms with Gasteiger partial charge in [-0.05, 0) is 39.5 Å². The standard InChI is InChI=1S/C21H36N4O6S/c1-20(2,14-30-18-8-6-7-11-29-18)16-12-17(31-24-16)22-19(26)21(3,4)23-15-9-10-25(13-15)32(5,27)28/h12,15,18,23H,6-11,13-14H2,1-5H3,(H,22,26). The molecule has 2 aliphatic heterocycles. The van der Waals surface area contributed by atoms with Crippen molar-refractivity contribution in [1.82, 2.24) is 14.8 Å². The van der Waals surface area contributed by atoms with Crippen molar-refractivity contribution in [1.29, 1.82) is 0 Å². The largest absolute Gasteiger partial charge is 0.353 e. The number of amides is 1. The van der Waals surface area contributed by atoms with E-state index in [0.29, 0.717) is 31.8 Å². The molecule has 2 fully saturated rings. The molecular weight excluding hydrogens is 436 g/mol. The maximum absolute atomic E-state index is 12.9. The summed E-state index contributed by atoms with van der Waals surface area (Å²) in [7, 11) is -3.23. The van der Waals surface area contributed by atoms with Crippen LogP contribution < -0.4 is 10.6 Å². The van der Waals surface area contributed by atoms with Crippen molar-refractivity contribution in [2.45, 2.75) is 76.7 Å². The Kier molecular flexibility index (Phi) is 7.66. The van der Waals surface area contributed by atoms with Crippen LogP contribution in [0.1, 0.15) is 59.1 Å². The number of carbonyl (C=O) groups excluding carboxylic acids is 1. The third-order valence-electron chi connectivity index (χ3n) is 5.96. The summed E-state index contributed by atoms with van der Waals surface area (Å²) in [5.41, 5.74) is -0.670. The average Bonchev–Trinajstić information content (AvgIpc) is 3.37. The van der Waals surface area contributed by atoms with Crippen LogP contribution in [0.2, 0.25) is 0 Å². The lowest BCUT2D eigenvalue weighted by Gasteiger charge is -2.28. The number of carbonyl (C=O) groups is 1. The third-order valence-corrected chi connectivity index (χ3v) is 7.23. The van der Waals surface area contributed by atoms with Crippen LogP contribution in [0, 0.1) is 0 Å². The van der Waals surface area contributed by atoms with Crippen molar-refractivity contribution in [2.75, 3.05) is 37.9 Å².